The molecule has 4 aliphatic rings. The molecule has 61 heavy (non-hydrogen) atoms. The van der Waals surface area contributed by atoms with Crippen LogP contribution in [0.2, 0.25) is 0 Å². The molecule has 0 amide bonds. The molecule has 1 N–H and O–H groups in total. The Morgan fingerprint density at radius 2 is 1.36 bits per heavy atom. The number of hydrogen-bond donors (Lipinski definition) is 1. The van der Waals surface area contributed by atoms with Gasteiger partial charge >= 0.3 is 35.8 Å². The molecule has 6 rings (SSSR count). The van der Waals surface area contributed by atoms with E-state index in [1.54, 1.807) is 58.0 Å². The van der Waals surface area contributed by atoms with Crippen LogP contribution >= 0.6 is 0 Å². The summed E-state index contributed by atoms with van der Waals surface area (Å²) in [6, 6.07) is 17.1. The Hall–Kier alpha value is -5.12. The lowest BCUT2D eigenvalue weighted by molar-refractivity contribution is -0.366. The largest absolute Gasteiger partial charge is 0.462 e. The van der Waals surface area contributed by atoms with Crippen LogP contribution in [-0.4, -0.2) is 114 Å². The quantitative estimate of drug-likeness (QED) is 0.184. The molecule has 1 aliphatic heterocycles. The van der Waals surface area contributed by atoms with Gasteiger partial charge in [0.05, 0.1) is 29.9 Å². The first-order valence-electron chi connectivity index (χ1n) is 20.5. The second-order valence-corrected chi connectivity index (χ2v) is 17.7. The molecule has 3 aliphatic carbocycles. The summed E-state index contributed by atoms with van der Waals surface area (Å²) in [7, 11) is 3.68. The number of nitrogens with zero attached hydrogens (tertiary/aromatic N) is 1. The SMILES string of the molecule is CC(=O)O[C@H]1C[C@@H]2OC[C@@]2(OC(C)=O)[C@H]2[C@@H](OC(C)=O)[C@]3(O)C[C@H](OC(=O)C[C@H](c4ccccc4)N(C)C)C(C)=C([C@@H](OC(=O)c4ccccc4)[C@@H](OC(C)=O)[C@@]12C)C3(C)C. The highest BCUT2D eigenvalue weighted by Crippen LogP contribution is 2.66. The van der Waals surface area contributed by atoms with E-state index in [1.165, 1.54) is 20.8 Å². The zero-order valence-corrected chi connectivity index (χ0v) is 36.4. The molecule has 0 radical (unpaired) electrons. The minimum atomic E-state index is -2.23. The summed E-state index contributed by atoms with van der Waals surface area (Å²) in [4.78, 5) is 83.6. The first-order valence-corrected chi connectivity index (χ1v) is 20.5. The number of fused-ring (bicyclic) bond motifs is 5. The molecule has 2 aromatic rings. The summed E-state index contributed by atoms with van der Waals surface area (Å²) >= 11 is 0. The van der Waals surface area contributed by atoms with Crippen LogP contribution in [0, 0.1) is 16.7 Å². The minimum absolute atomic E-state index is 0.0850. The maximum absolute atomic E-state index is 14.4. The van der Waals surface area contributed by atoms with E-state index in [4.69, 9.17) is 33.2 Å². The van der Waals surface area contributed by atoms with Crippen molar-refractivity contribution in [1.82, 2.24) is 4.90 Å². The number of aliphatic hydroxyl groups is 1. The fraction of sp³-hybridized carbons (Fsp3) is 0.565. The third kappa shape index (κ3) is 8.07. The van der Waals surface area contributed by atoms with Gasteiger partial charge in [-0.15, -0.1) is 0 Å². The van der Waals surface area contributed by atoms with Gasteiger partial charge in [0, 0.05) is 52.0 Å². The smallest absolute Gasteiger partial charge is 0.338 e. The lowest BCUT2D eigenvalue weighted by Gasteiger charge is -2.69. The van der Waals surface area contributed by atoms with Crippen molar-refractivity contribution in [2.24, 2.45) is 16.7 Å². The number of hydrogen-bond acceptors (Lipinski definition) is 15. The number of carbonyl (C=O) groups excluding carboxylic acids is 6. The average molecular weight is 848 g/mol. The normalized spacial score (nSPS) is 32.9. The highest BCUT2D eigenvalue weighted by molar-refractivity contribution is 5.89. The van der Waals surface area contributed by atoms with E-state index in [0.29, 0.717) is 5.57 Å². The van der Waals surface area contributed by atoms with Crippen molar-refractivity contribution in [3.8, 4) is 0 Å². The topological polar surface area (TPSA) is 190 Å². The van der Waals surface area contributed by atoms with Gasteiger partial charge < -0.3 is 43.2 Å². The van der Waals surface area contributed by atoms with Gasteiger partial charge in [-0.3, -0.25) is 24.0 Å². The molecule has 0 spiro atoms. The molecule has 330 valence electrons. The number of esters is 6. The van der Waals surface area contributed by atoms with Gasteiger partial charge in [-0.2, -0.15) is 0 Å². The van der Waals surface area contributed by atoms with Crippen LogP contribution in [0.4, 0.5) is 0 Å². The fourth-order valence-electron chi connectivity index (χ4n) is 10.6. The summed E-state index contributed by atoms with van der Waals surface area (Å²) < 4.78 is 43.8. The zero-order valence-electron chi connectivity index (χ0n) is 36.4. The van der Waals surface area contributed by atoms with Crippen molar-refractivity contribution in [3.05, 3.63) is 82.9 Å². The summed E-state index contributed by atoms with van der Waals surface area (Å²) in [6.45, 7) is 11.1. The van der Waals surface area contributed by atoms with Crippen LogP contribution in [-0.2, 0) is 57.1 Å². The van der Waals surface area contributed by atoms with Crippen molar-refractivity contribution in [2.45, 2.75) is 129 Å². The van der Waals surface area contributed by atoms with Crippen LogP contribution in [0.5, 0.6) is 0 Å². The summed E-state index contributed by atoms with van der Waals surface area (Å²) in [5.74, 6) is -5.92. The van der Waals surface area contributed by atoms with E-state index < -0.39 is 106 Å². The standard InChI is InChI=1S/C46H57NO14/c1-25-33(59-36(52)21-32(47(9)10)30-17-13-11-14-18-30)23-46(54)41(58-28(4)50)39-44(8,34(56-26(2)48)22-35-45(39,24-55-35)61-29(5)51)40(57-27(3)49)38(37(25)43(46,6)7)60-42(53)31-19-15-12-16-20-31/h11-20,32-35,38-41,54H,21-24H2,1-10H3/t32-,33+,34+,35+,38-,39+,40-,41-,44+,45+,46-/m1/s1. The molecule has 1 heterocycles. The Balaban J connectivity index is 1.65. The predicted molar refractivity (Wildman–Crippen MR) is 216 cm³/mol. The van der Waals surface area contributed by atoms with Gasteiger partial charge in [-0.1, -0.05) is 69.3 Å². The maximum atomic E-state index is 14.4. The van der Waals surface area contributed by atoms with E-state index in [0.717, 1.165) is 12.5 Å². The third-order valence-electron chi connectivity index (χ3n) is 13.4. The molecule has 2 saturated carbocycles. The minimum Gasteiger partial charge on any atom is -0.462 e. The molecule has 3 fully saturated rings. The van der Waals surface area contributed by atoms with Gasteiger partial charge in [0.15, 0.2) is 17.8 Å². The van der Waals surface area contributed by atoms with E-state index in [9.17, 15) is 33.9 Å². The van der Waals surface area contributed by atoms with Gasteiger partial charge in [-0.05, 0) is 49.9 Å². The molecule has 0 unspecified atom stereocenters. The Morgan fingerprint density at radius 1 is 0.787 bits per heavy atom. The van der Waals surface area contributed by atoms with Crippen LogP contribution in [0.25, 0.3) is 0 Å². The van der Waals surface area contributed by atoms with Crippen LogP contribution in [0.1, 0.15) is 96.6 Å². The maximum Gasteiger partial charge on any atom is 0.338 e. The molecule has 0 aromatic heterocycles. The second kappa shape index (κ2) is 17.0. The van der Waals surface area contributed by atoms with Crippen molar-refractivity contribution in [3.63, 3.8) is 0 Å². The second-order valence-electron chi connectivity index (χ2n) is 17.7. The van der Waals surface area contributed by atoms with Crippen LogP contribution in [0.3, 0.4) is 0 Å². The Labute approximate surface area is 356 Å². The lowest BCUT2D eigenvalue weighted by Crippen LogP contribution is -2.82. The summed E-state index contributed by atoms with van der Waals surface area (Å²) in [6.07, 6.45) is -8.74. The monoisotopic (exact) mass is 847 g/mol. The van der Waals surface area contributed by atoms with Crippen molar-refractivity contribution in [2.75, 3.05) is 20.7 Å². The number of rotatable bonds is 11. The molecular weight excluding hydrogens is 790 g/mol. The van der Waals surface area contributed by atoms with E-state index in [1.807, 2.05) is 49.3 Å². The predicted octanol–water partition coefficient (Wildman–Crippen LogP) is 4.83. The first kappa shape index (κ1) is 45.4. The number of benzene rings is 2. The molecule has 2 aromatic carbocycles. The van der Waals surface area contributed by atoms with Gasteiger partial charge in [0.25, 0.3) is 0 Å². The number of ether oxygens (including phenoxy) is 7. The van der Waals surface area contributed by atoms with Crippen molar-refractivity contribution in [1.29, 1.82) is 0 Å². The Kier molecular flexibility index (Phi) is 12.6. The van der Waals surface area contributed by atoms with E-state index in [-0.39, 0.29) is 37.0 Å². The fourth-order valence-corrected chi connectivity index (χ4v) is 10.6. The third-order valence-corrected chi connectivity index (χ3v) is 13.4. The lowest BCUT2D eigenvalue weighted by atomic mass is 9.44. The first-order chi connectivity index (χ1) is 28.6. The van der Waals surface area contributed by atoms with Crippen molar-refractivity contribution >= 4 is 35.8 Å². The Bertz CT molecular complexity index is 2070. The van der Waals surface area contributed by atoms with E-state index >= 15 is 0 Å². The highest BCUT2D eigenvalue weighted by atomic mass is 16.6. The summed E-state index contributed by atoms with van der Waals surface area (Å²) in [5, 5.41) is 13.8. The average Bonchev–Trinajstić information content (AvgIpc) is 3.17. The highest BCUT2D eigenvalue weighted by Gasteiger charge is 2.79. The van der Waals surface area contributed by atoms with Gasteiger partial charge in [0.2, 0.25) is 0 Å². The Morgan fingerprint density at radius 3 is 1.89 bits per heavy atom. The molecule has 15 heteroatoms. The number of carbonyl (C=O) groups is 6. The zero-order chi connectivity index (χ0) is 44.8. The molecule has 15 nitrogen and oxygen atoms in total. The molecule has 11 atom stereocenters. The summed E-state index contributed by atoms with van der Waals surface area (Å²) in [5.41, 5.74) is -5.61. The van der Waals surface area contributed by atoms with E-state index in [2.05, 4.69) is 0 Å². The molecule has 2 bridgehead atoms. The van der Waals surface area contributed by atoms with Gasteiger partial charge in [0.1, 0.15) is 30.0 Å². The molecule has 1 saturated heterocycles. The van der Waals surface area contributed by atoms with Crippen LogP contribution in [0.15, 0.2) is 71.8 Å². The molecular formula is C46H57NO14. The van der Waals surface area contributed by atoms with Crippen molar-refractivity contribution < 1.29 is 67.0 Å². The van der Waals surface area contributed by atoms with Crippen LogP contribution < -0.4 is 0 Å². The van der Waals surface area contributed by atoms with Gasteiger partial charge in [-0.25, -0.2) is 4.79 Å².